The van der Waals surface area contributed by atoms with Gasteiger partial charge in [-0.3, -0.25) is 9.78 Å². The maximum atomic E-state index is 12.2. The lowest BCUT2D eigenvalue weighted by Gasteiger charge is -2.23. The number of fused-ring (bicyclic) bond motifs is 2. The van der Waals surface area contributed by atoms with Crippen LogP contribution in [0.15, 0.2) is 42.6 Å². The fraction of sp³-hybridized carbons (Fsp3) is 0.333. The van der Waals surface area contributed by atoms with Crippen LogP contribution in [-0.2, 0) is 4.74 Å². The average molecular weight is 313 g/mol. The lowest BCUT2D eigenvalue weighted by atomic mass is 10.0. The zero-order chi connectivity index (χ0) is 15.8. The van der Waals surface area contributed by atoms with Crippen molar-refractivity contribution >= 4 is 11.6 Å². The van der Waals surface area contributed by atoms with E-state index in [0.717, 1.165) is 29.9 Å². The lowest BCUT2D eigenvalue weighted by molar-refractivity contribution is 0.0160. The van der Waals surface area contributed by atoms with Crippen LogP contribution in [0, 0.1) is 6.92 Å². The quantitative estimate of drug-likeness (QED) is 0.914. The number of nitrogens with zero attached hydrogens (tertiary/aromatic N) is 1. The summed E-state index contributed by atoms with van der Waals surface area (Å²) >= 11 is 0. The van der Waals surface area contributed by atoms with E-state index in [2.05, 4.69) is 15.6 Å². The molecule has 2 aliphatic heterocycles. The van der Waals surface area contributed by atoms with E-state index in [1.807, 2.05) is 37.3 Å². The highest BCUT2D eigenvalue weighted by Gasteiger charge is 2.41. The van der Waals surface area contributed by atoms with Gasteiger partial charge in [-0.05, 0) is 43.2 Å². The van der Waals surface area contributed by atoms with Crippen molar-refractivity contribution in [3.05, 3.63) is 59.4 Å². The van der Waals surface area contributed by atoms with Crippen LogP contribution in [0.5, 0.6) is 0 Å². The number of carbonyl (C=O) groups excluding carboxylic acids is 1. The second kappa shape index (κ2) is 5.76. The van der Waals surface area contributed by atoms with Crippen LogP contribution in [-0.4, -0.2) is 29.6 Å². The predicted octanol–water partition coefficient (Wildman–Crippen LogP) is 2.94. The van der Waals surface area contributed by atoms with Crippen LogP contribution in [0.2, 0.25) is 0 Å². The Balaban J connectivity index is 0.00000113. The molecule has 0 spiro atoms. The summed E-state index contributed by atoms with van der Waals surface area (Å²) in [7, 11) is 0. The minimum atomic E-state index is -0.150. The zero-order valence-corrected chi connectivity index (χ0v) is 13.0. The number of benzene rings is 1. The van der Waals surface area contributed by atoms with Crippen LogP contribution in [0.4, 0.5) is 5.69 Å². The van der Waals surface area contributed by atoms with Gasteiger partial charge in [0.05, 0.1) is 17.8 Å². The van der Waals surface area contributed by atoms with Gasteiger partial charge in [0, 0.05) is 33.0 Å². The van der Waals surface area contributed by atoms with E-state index in [-0.39, 0.29) is 14.9 Å². The zero-order valence-electron chi connectivity index (χ0n) is 13.0. The summed E-state index contributed by atoms with van der Waals surface area (Å²) in [4.78, 5) is 16.3. The molecular weight excluding hydrogens is 290 g/mol. The molecule has 23 heavy (non-hydrogen) atoms. The topological polar surface area (TPSA) is 63.2 Å². The Hall–Kier alpha value is -2.24. The van der Waals surface area contributed by atoms with Crippen molar-refractivity contribution in [2.75, 3.05) is 11.9 Å². The molecule has 2 aliphatic rings. The van der Waals surface area contributed by atoms with Crippen molar-refractivity contribution in [2.45, 2.75) is 31.6 Å². The summed E-state index contributed by atoms with van der Waals surface area (Å²) in [6.45, 7) is 2.85. The molecule has 2 N–H and O–H groups in total. The number of nitrogens with one attached hydrogen (secondary N) is 2. The van der Waals surface area contributed by atoms with E-state index in [9.17, 15) is 4.79 Å². The molecule has 1 amide bonds. The Labute approximate surface area is 138 Å². The number of hydrogen-bond donors (Lipinski definition) is 2. The van der Waals surface area contributed by atoms with Gasteiger partial charge in [-0.15, -0.1) is 0 Å². The molecular formula is C18H23N3O2. The third kappa shape index (κ3) is 2.85. The summed E-state index contributed by atoms with van der Waals surface area (Å²) < 4.78 is 5.99. The van der Waals surface area contributed by atoms with Crippen molar-refractivity contribution in [1.29, 1.82) is 0 Å². The number of rotatable bonds is 3. The number of aromatic nitrogens is 1. The van der Waals surface area contributed by atoms with Gasteiger partial charge in [0.25, 0.3) is 5.91 Å². The predicted molar refractivity (Wildman–Crippen MR) is 91.6 cm³/mol. The molecule has 1 aromatic carbocycles. The number of amides is 1. The molecule has 1 aromatic heterocycles. The van der Waals surface area contributed by atoms with Crippen LogP contribution in [0.3, 0.4) is 0 Å². The lowest BCUT2D eigenvalue weighted by Crippen LogP contribution is -2.33. The number of pyridine rings is 1. The van der Waals surface area contributed by atoms with Gasteiger partial charge in [0.1, 0.15) is 0 Å². The van der Waals surface area contributed by atoms with E-state index in [4.69, 9.17) is 4.74 Å². The summed E-state index contributed by atoms with van der Waals surface area (Å²) in [5, 5.41) is 6.37. The number of anilines is 1. The first-order valence-corrected chi connectivity index (χ1v) is 7.92. The Morgan fingerprint density at radius 2 is 2.13 bits per heavy atom. The van der Waals surface area contributed by atoms with Crippen LogP contribution < -0.4 is 10.6 Å². The Bertz CT molecular complexity index is 722. The minimum Gasteiger partial charge on any atom is -0.367 e. The molecule has 0 radical (unpaired) electrons. The summed E-state index contributed by atoms with van der Waals surface area (Å²) in [5.41, 5.74) is 3.38. The molecule has 3 atom stereocenters. The maximum absolute atomic E-state index is 12.2. The molecule has 0 unspecified atom stereocenters. The molecule has 122 valence electrons. The van der Waals surface area contributed by atoms with Crippen molar-refractivity contribution in [2.24, 2.45) is 0 Å². The van der Waals surface area contributed by atoms with E-state index in [1.54, 1.807) is 12.3 Å². The maximum Gasteiger partial charge on any atom is 0.257 e. The summed E-state index contributed by atoms with van der Waals surface area (Å²) in [6.07, 6.45) is 3.15. The smallest absolute Gasteiger partial charge is 0.257 e. The highest BCUT2D eigenvalue weighted by molar-refractivity contribution is 6.04. The Morgan fingerprint density at radius 3 is 2.74 bits per heavy atom. The van der Waals surface area contributed by atoms with E-state index in [1.165, 1.54) is 0 Å². The van der Waals surface area contributed by atoms with Crippen molar-refractivity contribution in [3.8, 4) is 0 Å². The first kappa shape index (κ1) is 14.4. The first-order chi connectivity index (χ1) is 11.2. The standard InChI is InChI=1S/C18H19N3O2.2H2/c1-11-2-3-13(9-19-11)18(22)21-14-6-4-12(5-7-14)17-16-8-15(23-17)10-20-16;;/h2-7,9,15-17,20H,8,10H2,1H3,(H,21,22);2*1H/t15-,16-,17+;;/m1../s1. The van der Waals surface area contributed by atoms with Gasteiger partial charge in [-0.1, -0.05) is 12.1 Å². The molecule has 3 heterocycles. The van der Waals surface area contributed by atoms with E-state index < -0.39 is 0 Å². The van der Waals surface area contributed by atoms with Gasteiger partial charge in [0.2, 0.25) is 0 Å². The molecule has 0 aliphatic carbocycles. The fourth-order valence-electron chi connectivity index (χ4n) is 3.24. The molecule has 0 saturated carbocycles. The van der Waals surface area contributed by atoms with Gasteiger partial charge in [0.15, 0.2) is 0 Å². The third-order valence-corrected chi connectivity index (χ3v) is 4.50. The largest absolute Gasteiger partial charge is 0.367 e. The van der Waals surface area contributed by atoms with Crippen molar-refractivity contribution < 1.29 is 12.4 Å². The first-order valence-electron chi connectivity index (χ1n) is 7.92. The molecule has 2 bridgehead atoms. The van der Waals surface area contributed by atoms with Gasteiger partial charge in [-0.2, -0.15) is 0 Å². The summed E-state index contributed by atoms with van der Waals surface area (Å²) in [5.74, 6) is -0.150. The van der Waals surface area contributed by atoms with Crippen molar-refractivity contribution in [1.82, 2.24) is 10.3 Å². The molecule has 5 nitrogen and oxygen atoms in total. The monoisotopic (exact) mass is 313 g/mol. The molecule has 4 rings (SSSR count). The van der Waals surface area contributed by atoms with Gasteiger partial charge in [-0.25, -0.2) is 0 Å². The second-order valence-corrected chi connectivity index (χ2v) is 6.19. The summed E-state index contributed by atoms with van der Waals surface area (Å²) in [6, 6.07) is 11.9. The van der Waals surface area contributed by atoms with Crippen LogP contribution >= 0.6 is 0 Å². The number of hydrogen-bond acceptors (Lipinski definition) is 4. The fourth-order valence-corrected chi connectivity index (χ4v) is 3.24. The molecule has 2 aromatic rings. The SMILES string of the molecule is Cc1ccc(C(=O)Nc2ccc([C@@H]3O[C@H]4CN[C@@H]3C4)cc2)cn1.[HH].[HH]. The van der Waals surface area contributed by atoms with Crippen LogP contribution in [0.1, 0.15) is 37.0 Å². The van der Waals surface area contributed by atoms with Gasteiger partial charge >= 0.3 is 0 Å². The van der Waals surface area contributed by atoms with Crippen LogP contribution in [0.25, 0.3) is 0 Å². The minimum absolute atomic E-state index is 0. The molecule has 2 fully saturated rings. The van der Waals surface area contributed by atoms with E-state index in [0.29, 0.717) is 17.7 Å². The third-order valence-electron chi connectivity index (χ3n) is 4.50. The highest BCUT2D eigenvalue weighted by atomic mass is 16.5. The number of carbonyl (C=O) groups is 1. The van der Waals surface area contributed by atoms with Gasteiger partial charge < -0.3 is 15.4 Å². The Kier molecular flexibility index (Phi) is 3.59. The molecule has 5 heteroatoms. The number of aryl methyl sites for hydroxylation is 1. The second-order valence-electron chi connectivity index (χ2n) is 6.19. The Morgan fingerprint density at radius 1 is 1.30 bits per heavy atom. The number of ether oxygens (including phenoxy) is 1. The number of morpholine rings is 1. The molecule has 2 saturated heterocycles. The highest BCUT2D eigenvalue weighted by Crippen LogP contribution is 2.37. The normalized spacial score (nSPS) is 25.5. The average Bonchev–Trinajstić information content (AvgIpc) is 3.19. The van der Waals surface area contributed by atoms with Crippen molar-refractivity contribution in [3.63, 3.8) is 0 Å². The van der Waals surface area contributed by atoms with E-state index >= 15 is 0 Å².